The van der Waals surface area contributed by atoms with Crippen LogP contribution in [0, 0.1) is 10.7 Å². The van der Waals surface area contributed by atoms with Gasteiger partial charge in [-0.25, -0.2) is 0 Å². The van der Waals surface area contributed by atoms with Crippen molar-refractivity contribution in [2.24, 2.45) is 5.92 Å². The van der Waals surface area contributed by atoms with Gasteiger partial charge in [0.2, 0.25) is 4.77 Å². The highest BCUT2D eigenvalue weighted by Gasteiger charge is 2.30. The molecule has 0 saturated carbocycles. The van der Waals surface area contributed by atoms with E-state index in [9.17, 15) is 4.79 Å². The lowest BCUT2D eigenvalue weighted by Gasteiger charge is -2.28. The molecule has 0 aliphatic carbocycles. The molecule has 1 aliphatic heterocycles. The highest BCUT2D eigenvalue weighted by molar-refractivity contribution is 7.71. The SMILES string of the molecule is CCOC(=O)[C@@H]1CCC[NH+](Cn2nc(-c3cccs3)n(CC)c2=S)C1. The van der Waals surface area contributed by atoms with Gasteiger partial charge in [0.25, 0.3) is 0 Å². The third kappa shape index (κ3) is 4.02. The molecule has 0 radical (unpaired) electrons. The van der Waals surface area contributed by atoms with Gasteiger partial charge in [-0.15, -0.1) is 16.4 Å². The maximum Gasteiger partial charge on any atom is 0.314 e. The Labute approximate surface area is 157 Å². The monoisotopic (exact) mass is 381 g/mol. The summed E-state index contributed by atoms with van der Waals surface area (Å²) in [5.41, 5.74) is 0. The number of esters is 1. The molecule has 0 aromatic carbocycles. The van der Waals surface area contributed by atoms with E-state index in [1.165, 1.54) is 4.90 Å². The molecule has 25 heavy (non-hydrogen) atoms. The zero-order valence-corrected chi connectivity index (χ0v) is 16.4. The summed E-state index contributed by atoms with van der Waals surface area (Å²) in [7, 11) is 0. The number of carbonyl (C=O) groups excluding carboxylic acids is 1. The van der Waals surface area contributed by atoms with Crippen LogP contribution in [-0.4, -0.2) is 40.0 Å². The number of aromatic nitrogens is 3. The predicted molar refractivity (Wildman–Crippen MR) is 100 cm³/mol. The molecule has 6 nitrogen and oxygen atoms in total. The number of hydrogen-bond acceptors (Lipinski definition) is 5. The molecule has 2 aromatic heterocycles. The smallest absolute Gasteiger partial charge is 0.314 e. The van der Waals surface area contributed by atoms with Gasteiger partial charge in [0.05, 0.1) is 24.6 Å². The van der Waals surface area contributed by atoms with Crippen molar-refractivity contribution in [3.63, 3.8) is 0 Å². The first-order chi connectivity index (χ1) is 12.1. The molecule has 1 aliphatic rings. The van der Waals surface area contributed by atoms with Crippen LogP contribution >= 0.6 is 23.6 Å². The van der Waals surface area contributed by atoms with E-state index >= 15 is 0 Å². The average molecular weight is 382 g/mol. The summed E-state index contributed by atoms with van der Waals surface area (Å²) in [6.45, 7) is 7.70. The van der Waals surface area contributed by atoms with E-state index in [2.05, 4.69) is 22.9 Å². The Hall–Kier alpha value is -1.51. The lowest BCUT2D eigenvalue weighted by Crippen LogP contribution is -3.13. The Morgan fingerprint density at radius 3 is 3.04 bits per heavy atom. The van der Waals surface area contributed by atoms with Crippen LogP contribution in [0.4, 0.5) is 0 Å². The minimum atomic E-state index is -0.0679. The Morgan fingerprint density at radius 2 is 2.36 bits per heavy atom. The van der Waals surface area contributed by atoms with Crippen molar-refractivity contribution in [3.8, 4) is 10.7 Å². The van der Waals surface area contributed by atoms with Gasteiger partial charge in [-0.1, -0.05) is 6.07 Å². The number of hydrogen-bond donors (Lipinski definition) is 1. The normalized spacial score (nSPS) is 20.6. The zero-order valence-electron chi connectivity index (χ0n) is 14.7. The molecule has 2 atom stereocenters. The van der Waals surface area contributed by atoms with Crippen molar-refractivity contribution in [1.82, 2.24) is 14.3 Å². The van der Waals surface area contributed by atoms with Crippen LogP contribution in [0.1, 0.15) is 26.7 Å². The highest BCUT2D eigenvalue weighted by Crippen LogP contribution is 2.23. The second-order valence-electron chi connectivity index (χ2n) is 6.28. The molecule has 0 amide bonds. The van der Waals surface area contributed by atoms with Gasteiger partial charge in [0.1, 0.15) is 5.92 Å². The van der Waals surface area contributed by atoms with Crippen molar-refractivity contribution in [2.45, 2.75) is 39.9 Å². The fourth-order valence-electron chi connectivity index (χ4n) is 3.38. The second-order valence-corrected chi connectivity index (χ2v) is 7.59. The van der Waals surface area contributed by atoms with Crippen LogP contribution in [0.5, 0.6) is 0 Å². The summed E-state index contributed by atoms with van der Waals surface area (Å²) in [5, 5.41) is 6.83. The minimum absolute atomic E-state index is 0.0112. The number of thiophene rings is 1. The largest absolute Gasteiger partial charge is 0.466 e. The Morgan fingerprint density at radius 1 is 1.52 bits per heavy atom. The van der Waals surface area contributed by atoms with Gasteiger partial charge < -0.3 is 9.64 Å². The molecule has 0 bridgehead atoms. The summed E-state index contributed by atoms with van der Waals surface area (Å²) in [6, 6.07) is 4.10. The molecule has 1 saturated heterocycles. The van der Waals surface area contributed by atoms with Gasteiger partial charge >= 0.3 is 5.97 Å². The van der Waals surface area contributed by atoms with E-state index in [1.807, 2.05) is 17.7 Å². The fourth-order valence-corrected chi connectivity index (χ4v) is 4.42. The maximum absolute atomic E-state index is 12.0. The first-order valence-electron chi connectivity index (χ1n) is 8.85. The zero-order chi connectivity index (χ0) is 17.8. The Kier molecular flexibility index (Phi) is 6.03. The fraction of sp³-hybridized carbons (Fsp3) is 0.588. The summed E-state index contributed by atoms with van der Waals surface area (Å²) in [6.07, 6.45) is 1.94. The standard InChI is InChI=1S/C17H24N4O2S2/c1-3-20-15(14-8-6-10-25-14)18-21(17(20)24)12-19-9-5-7-13(11-19)16(22)23-4-2/h6,8,10,13H,3-5,7,9,11-12H2,1-2H3/p+1/t13-/m1/s1. The number of piperidine rings is 1. The lowest BCUT2D eigenvalue weighted by molar-refractivity contribution is -0.930. The quantitative estimate of drug-likeness (QED) is 0.614. The lowest BCUT2D eigenvalue weighted by atomic mass is 9.99. The third-order valence-electron chi connectivity index (χ3n) is 4.59. The van der Waals surface area contributed by atoms with Gasteiger partial charge in [0.15, 0.2) is 12.5 Å². The number of nitrogens with one attached hydrogen (secondary N) is 1. The number of ether oxygens (including phenoxy) is 1. The van der Waals surface area contributed by atoms with Crippen LogP contribution in [-0.2, 0) is 22.7 Å². The molecule has 8 heteroatoms. The van der Waals surface area contributed by atoms with Crippen LogP contribution in [0.2, 0.25) is 0 Å². The number of quaternary nitrogens is 1. The molecule has 1 unspecified atom stereocenters. The molecule has 3 rings (SSSR count). The third-order valence-corrected chi connectivity index (χ3v) is 5.89. The summed E-state index contributed by atoms with van der Waals surface area (Å²) in [5.74, 6) is 0.852. The van der Waals surface area contributed by atoms with E-state index < -0.39 is 0 Å². The number of likely N-dealkylation sites (tertiary alicyclic amines) is 1. The van der Waals surface area contributed by atoms with Crippen LogP contribution in [0.25, 0.3) is 10.7 Å². The molecule has 1 N–H and O–H groups in total. The van der Waals surface area contributed by atoms with Crippen LogP contribution < -0.4 is 4.90 Å². The maximum atomic E-state index is 12.0. The molecule has 3 heterocycles. The van der Waals surface area contributed by atoms with Crippen molar-refractivity contribution < 1.29 is 14.4 Å². The van der Waals surface area contributed by atoms with E-state index in [0.717, 1.165) is 47.9 Å². The average Bonchev–Trinajstić information content (AvgIpc) is 3.24. The van der Waals surface area contributed by atoms with E-state index in [4.69, 9.17) is 22.1 Å². The number of rotatable bonds is 6. The van der Waals surface area contributed by atoms with E-state index in [-0.39, 0.29) is 11.9 Å². The Balaban J connectivity index is 1.77. The van der Waals surface area contributed by atoms with Crippen LogP contribution in [0.3, 0.4) is 0 Å². The Bertz CT molecular complexity index is 766. The summed E-state index contributed by atoms with van der Waals surface area (Å²) < 4.78 is 9.93. The van der Waals surface area contributed by atoms with Gasteiger partial charge in [-0.3, -0.25) is 9.36 Å². The van der Waals surface area contributed by atoms with E-state index in [1.54, 1.807) is 11.3 Å². The predicted octanol–water partition coefficient (Wildman–Crippen LogP) is 1.98. The first-order valence-corrected chi connectivity index (χ1v) is 10.1. The molecule has 0 spiro atoms. The highest BCUT2D eigenvalue weighted by atomic mass is 32.1. The first kappa shape index (κ1) is 18.3. The van der Waals surface area contributed by atoms with Crippen molar-refractivity contribution >= 4 is 29.5 Å². The molecule has 2 aromatic rings. The van der Waals surface area contributed by atoms with Crippen molar-refractivity contribution in [2.75, 3.05) is 19.7 Å². The molecule has 1 fully saturated rings. The molecular formula is C17H25N4O2S2+. The molecular weight excluding hydrogens is 356 g/mol. The number of nitrogens with zero attached hydrogens (tertiary/aromatic N) is 3. The minimum Gasteiger partial charge on any atom is -0.466 e. The summed E-state index contributed by atoms with van der Waals surface area (Å²) in [4.78, 5) is 14.5. The van der Waals surface area contributed by atoms with Gasteiger partial charge in [-0.05, 0) is 50.4 Å². The second kappa shape index (κ2) is 8.25. The number of carbonyl (C=O) groups is 1. The van der Waals surface area contributed by atoms with Crippen molar-refractivity contribution in [3.05, 3.63) is 22.3 Å². The summed E-state index contributed by atoms with van der Waals surface area (Å²) >= 11 is 7.31. The molecule has 136 valence electrons. The van der Waals surface area contributed by atoms with Crippen LogP contribution in [0.15, 0.2) is 17.5 Å². The van der Waals surface area contributed by atoms with Gasteiger partial charge in [-0.2, -0.15) is 4.68 Å². The van der Waals surface area contributed by atoms with Gasteiger partial charge in [0, 0.05) is 6.54 Å². The van der Waals surface area contributed by atoms with Crippen molar-refractivity contribution in [1.29, 1.82) is 0 Å². The topological polar surface area (TPSA) is 53.5 Å². The van der Waals surface area contributed by atoms with E-state index in [0.29, 0.717) is 13.3 Å².